The van der Waals surface area contributed by atoms with Crippen molar-refractivity contribution in [2.24, 2.45) is 7.05 Å². The van der Waals surface area contributed by atoms with E-state index in [1.54, 1.807) is 0 Å². The van der Waals surface area contributed by atoms with Crippen LogP contribution in [0.1, 0.15) is 25.7 Å². The molecule has 1 aliphatic heterocycles. The molecule has 4 aromatic carbocycles. The first-order chi connectivity index (χ1) is 18.8. The molecule has 0 amide bonds. The number of hydrogen-bond acceptors (Lipinski definition) is 5. The van der Waals surface area contributed by atoms with Gasteiger partial charge in [0.2, 0.25) is 11.5 Å². The number of aryl methyl sites for hydroxylation is 1. The predicted octanol–water partition coefficient (Wildman–Crippen LogP) is 6.38. The molecule has 0 radical (unpaired) electrons. The Morgan fingerprint density at radius 1 is 1.00 bits per heavy atom. The number of rotatable bonds is 7. The van der Waals surface area contributed by atoms with Crippen molar-refractivity contribution in [2.75, 3.05) is 17.2 Å². The zero-order chi connectivity index (χ0) is 27.1. The normalized spacial score (nSPS) is 15.0. The smallest absolute Gasteiger partial charge is 0.374 e. The molecule has 0 saturated heterocycles. The Morgan fingerprint density at radius 2 is 1.72 bits per heavy atom. The van der Waals surface area contributed by atoms with Gasteiger partial charge in [0.15, 0.2) is 5.75 Å². The maximum absolute atomic E-state index is 11.4. The van der Waals surface area contributed by atoms with Crippen molar-refractivity contribution in [3.05, 3.63) is 96.2 Å². The Bertz CT molecular complexity index is 1900. The molecule has 0 spiro atoms. The Balaban J connectivity index is 1.40. The summed E-state index contributed by atoms with van der Waals surface area (Å²) in [5.74, 6) is 1.71. The fraction of sp³-hybridized carbons (Fsp3) is 0.194. The summed E-state index contributed by atoms with van der Waals surface area (Å²) < 4.78 is 46.7. The summed E-state index contributed by atoms with van der Waals surface area (Å²) in [4.78, 5) is 1.97. The van der Waals surface area contributed by atoms with Crippen LogP contribution in [-0.2, 0) is 17.2 Å². The van der Waals surface area contributed by atoms with E-state index in [4.69, 9.17) is 9.15 Å². The molecule has 0 bridgehead atoms. The number of aromatic nitrogens is 1. The molecule has 8 heteroatoms. The average Bonchev–Trinajstić information content (AvgIpc) is 3.42. The van der Waals surface area contributed by atoms with Crippen molar-refractivity contribution < 1.29 is 26.7 Å². The van der Waals surface area contributed by atoms with E-state index in [2.05, 4.69) is 35.8 Å². The number of allylic oxidation sites excluding steroid dienone is 2. The summed E-state index contributed by atoms with van der Waals surface area (Å²) in [6.07, 6.45) is 4.97. The van der Waals surface area contributed by atoms with Crippen molar-refractivity contribution in [1.29, 1.82) is 0 Å². The van der Waals surface area contributed by atoms with Gasteiger partial charge in [-0.1, -0.05) is 55.5 Å². The van der Waals surface area contributed by atoms with Gasteiger partial charge in [0.05, 0.1) is 22.9 Å². The first kappa shape index (κ1) is 25.2. The highest BCUT2D eigenvalue weighted by Crippen LogP contribution is 2.42. The summed E-state index contributed by atoms with van der Waals surface area (Å²) in [6, 6.07) is 24.4. The lowest BCUT2D eigenvalue weighted by Gasteiger charge is -2.18. The SMILES string of the molecule is CCC(/C=C1\Oc2cc3ccccc3cc2N1CCCS(=O)(=O)O)=C\c1oc2ccc3ccccc3c2[n+]1C. The predicted molar refractivity (Wildman–Crippen MR) is 154 cm³/mol. The highest BCUT2D eigenvalue weighted by Gasteiger charge is 2.28. The van der Waals surface area contributed by atoms with E-state index in [9.17, 15) is 13.0 Å². The first-order valence-electron chi connectivity index (χ1n) is 13.0. The molecule has 0 atom stereocenters. The molecule has 39 heavy (non-hydrogen) atoms. The number of anilines is 1. The second-order valence-corrected chi connectivity index (χ2v) is 11.3. The number of hydrogen-bond donors (Lipinski definition) is 1. The van der Waals surface area contributed by atoms with Crippen molar-refractivity contribution in [2.45, 2.75) is 19.8 Å². The third-order valence-corrected chi connectivity index (χ3v) is 7.96. The molecule has 1 aromatic heterocycles. The van der Waals surface area contributed by atoms with Gasteiger partial charge in [0.25, 0.3) is 15.6 Å². The number of nitrogens with zero attached hydrogens (tertiary/aromatic N) is 2. The van der Waals surface area contributed by atoms with Gasteiger partial charge in [-0.05, 0) is 58.8 Å². The molecular weight excluding hydrogens is 512 g/mol. The molecule has 0 unspecified atom stereocenters. The van der Waals surface area contributed by atoms with Crippen molar-refractivity contribution in [1.82, 2.24) is 0 Å². The Hall–Kier alpha value is -4.14. The summed E-state index contributed by atoms with van der Waals surface area (Å²) in [5, 5.41) is 4.40. The number of fused-ring (bicyclic) bond motifs is 5. The minimum Gasteiger partial charge on any atom is -0.439 e. The van der Waals surface area contributed by atoms with Crippen molar-refractivity contribution >= 4 is 54.5 Å². The minimum absolute atomic E-state index is 0.253. The lowest BCUT2D eigenvalue weighted by atomic mass is 10.1. The molecule has 7 nitrogen and oxygen atoms in total. The van der Waals surface area contributed by atoms with Gasteiger partial charge in [0.1, 0.15) is 7.05 Å². The molecule has 2 heterocycles. The van der Waals surface area contributed by atoms with E-state index in [0.29, 0.717) is 24.1 Å². The maximum Gasteiger partial charge on any atom is 0.374 e. The largest absolute Gasteiger partial charge is 0.439 e. The Morgan fingerprint density at radius 3 is 2.46 bits per heavy atom. The monoisotopic (exact) mass is 541 g/mol. The van der Waals surface area contributed by atoms with E-state index in [-0.39, 0.29) is 12.2 Å². The number of benzene rings is 4. The summed E-state index contributed by atoms with van der Waals surface area (Å²) in [7, 11) is -2.06. The van der Waals surface area contributed by atoms with Crippen LogP contribution in [0.4, 0.5) is 5.69 Å². The van der Waals surface area contributed by atoms with E-state index in [0.717, 1.165) is 50.3 Å². The quantitative estimate of drug-likeness (QED) is 0.190. The minimum atomic E-state index is -4.06. The van der Waals surface area contributed by atoms with Crippen LogP contribution < -0.4 is 14.2 Å². The topological polar surface area (TPSA) is 83.9 Å². The van der Waals surface area contributed by atoms with E-state index < -0.39 is 10.1 Å². The highest BCUT2D eigenvalue weighted by atomic mass is 32.2. The van der Waals surface area contributed by atoms with Crippen LogP contribution in [0.2, 0.25) is 0 Å². The third-order valence-electron chi connectivity index (χ3n) is 7.15. The van der Waals surface area contributed by atoms with Crippen LogP contribution in [0, 0.1) is 0 Å². The van der Waals surface area contributed by atoms with Gasteiger partial charge in [-0.2, -0.15) is 13.0 Å². The molecule has 198 valence electrons. The van der Waals surface area contributed by atoms with E-state index >= 15 is 0 Å². The molecule has 6 rings (SSSR count). The fourth-order valence-electron chi connectivity index (χ4n) is 5.17. The van der Waals surface area contributed by atoms with Gasteiger partial charge in [-0.3, -0.25) is 4.55 Å². The van der Waals surface area contributed by atoms with Gasteiger partial charge >= 0.3 is 5.89 Å². The van der Waals surface area contributed by atoms with Gasteiger partial charge in [0, 0.05) is 12.6 Å². The zero-order valence-corrected chi connectivity index (χ0v) is 22.6. The average molecular weight is 542 g/mol. The lowest BCUT2D eigenvalue weighted by molar-refractivity contribution is -0.651. The Labute approximate surface area is 227 Å². The maximum atomic E-state index is 11.4. The van der Waals surface area contributed by atoms with Gasteiger partial charge in [-0.25, -0.2) is 0 Å². The van der Waals surface area contributed by atoms with Crippen molar-refractivity contribution in [3.8, 4) is 5.75 Å². The second kappa shape index (κ2) is 9.87. The van der Waals surface area contributed by atoms with Gasteiger partial charge in [-0.15, -0.1) is 0 Å². The van der Waals surface area contributed by atoms with E-state index in [1.807, 2.05) is 72.6 Å². The molecule has 0 saturated carbocycles. The highest BCUT2D eigenvalue weighted by molar-refractivity contribution is 7.85. The first-order valence-corrected chi connectivity index (χ1v) is 14.6. The molecule has 5 aromatic rings. The van der Waals surface area contributed by atoms with Crippen LogP contribution >= 0.6 is 0 Å². The molecular formula is C31H29N2O5S+. The standard InChI is InChI=1S/C31H28N2O5S/c1-3-21(17-29-32(2)31-25-12-7-6-9-22(25)13-14-27(31)37-29)18-30-33(15-8-16-39(34,35)36)26-19-23-10-4-5-11-24(23)20-28(26)38-30/h4-7,9-14,17-20H,3,8,15-16H2,1-2H3/p+1. The van der Waals surface area contributed by atoms with Crippen LogP contribution in [0.3, 0.4) is 0 Å². The second-order valence-electron chi connectivity index (χ2n) is 9.75. The van der Waals surface area contributed by atoms with Crippen LogP contribution in [0.5, 0.6) is 5.75 Å². The molecule has 0 aliphatic carbocycles. The van der Waals surface area contributed by atoms with Crippen LogP contribution in [-0.4, -0.2) is 25.3 Å². The van der Waals surface area contributed by atoms with E-state index in [1.165, 1.54) is 0 Å². The molecule has 1 N–H and O–H groups in total. The summed E-state index contributed by atoms with van der Waals surface area (Å²) in [5.41, 5.74) is 3.70. The van der Waals surface area contributed by atoms with Crippen molar-refractivity contribution in [3.63, 3.8) is 0 Å². The Kier molecular flexibility index (Phi) is 6.37. The number of oxazole rings is 1. The fourth-order valence-corrected chi connectivity index (χ4v) is 5.67. The van der Waals surface area contributed by atoms with Crippen LogP contribution in [0.15, 0.2) is 94.7 Å². The lowest BCUT2D eigenvalue weighted by Crippen LogP contribution is -2.29. The third kappa shape index (κ3) is 4.89. The zero-order valence-electron chi connectivity index (χ0n) is 21.8. The summed E-state index contributed by atoms with van der Waals surface area (Å²) >= 11 is 0. The van der Waals surface area contributed by atoms with Crippen LogP contribution in [0.25, 0.3) is 38.7 Å². The number of ether oxygens (including phenoxy) is 1. The van der Waals surface area contributed by atoms with Gasteiger partial charge < -0.3 is 14.1 Å². The molecule has 0 fully saturated rings. The molecule has 1 aliphatic rings. The summed E-state index contributed by atoms with van der Waals surface area (Å²) in [6.45, 7) is 2.44.